The Hall–Kier alpha value is -9.62. The molecule has 0 aliphatic carbocycles. The molecule has 53 nitrogen and oxygen atoms in total. The predicted octanol–water partition coefficient (Wildman–Crippen LogP) is 3.97. The summed E-state index contributed by atoms with van der Waals surface area (Å²) in [5.74, 6) is -0.404. The number of aliphatic hydroxyl groups is 1. The number of ether oxygens (including phenoxy) is 6. The van der Waals surface area contributed by atoms with Crippen molar-refractivity contribution in [2.45, 2.75) is 186 Å². The summed E-state index contributed by atoms with van der Waals surface area (Å²) < 4.78 is 269. The molecule has 9 fully saturated rings. The molecule has 12 unspecified atom stereocenters. The number of nitrogens with one attached hydrogen (secondary N) is 6. The normalized spacial score (nSPS) is 37.5. The molecular weight excluding hydrogens is 2020 g/mol. The van der Waals surface area contributed by atoms with Crippen molar-refractivity contribution in [2.24, 2.45) is 0 Å². The van der Waals surface area contributed by atoms with Gasteiger partial charge in [-0.05, 0) is 43.0 Å². The third kappa shape index (κ3) is 18.5. The summed E-state index contributed by atoms with van der Waals surface area (Å²) in [5, 5.41) is 48.7. The van der Waals surface area contributed by atoms with E-state index >= 15 is 22.0 Å². The number of aryl methyl sites for hydroxylation is 3. The van der Waals surface area contributed by atoms with E-state index in [9.17, 15) is 56.5 Å². The van der Waals surface area contributed by atoms with Crippen LogP contribution in [-0.4, -0.2) is 317 Å². The van der Waals surface area contributed by atoms with Crippen LogP contribution >= 0.6 is 44.8 Å². The molecule has 24 rings (SSSR count). The molecule has 143 heavy (non-hydrogen) atoms. The Morgan fingerprint density at radius 2 is 0.692 bits per heavy atom. The number of nitrogens with zero attached hydrogens (tertiary/aromatic N) is 17. The zero-order valence-electron chi connectivity index (χ0n) is 73.0. The maximum absolute atomic E-state index is 16.3. The molecule has 12 radical (unpaired) electrons. The fraction of sp³-hybridized carbons (Fsp3) is 0.507. The van der Waals surface area contributed by atoms with Gasteiger partial charge in [0.1, 0.15) is 85.0 Å². The molecule has 12 aliphatic heterocycles. The van der Waals surface area contributed by atoms with Gasteiger partial charge in [0, 0.05) is 61.7 Å². The van der Waals surface area contributed by atoms with Crippen LogP contribution in [0.3, 0.4) is 0 Å². The highest BCUT2D eigenvalue weighted by Gasteiger charge is 2.59. The van der Waals surface area contributed by atoms with E-state index in [1.54, 1.807) is 30.6 Å². The van der Waals surface area contributed by atoms with Crippen molar-refractivity contribution in [3.05, 3.63) is 129 Å². The first kappa shape index (κ1) is 98.1. The monoisotopic (exact) mass is 2100 g/mol. The van der Waals surface area contributed by atoms with Crippen LogP contribution in [0, 0.1) is 0 Å². The molecule has 24 heterocycles. The minimum Gasteiger partial charge on any atom is -0.386 e. The van der Waals surface area contributed by atoms with E-state index < -0.39 is 249 Å². The number of imidazole rings is 3. The summed E-state index contributed by atoms with van der Waals surface area (Å²) in [6, 6.07) is 4.99. The number of pyridine rings is 3. The lowest BCUT2D eigenvalue weighted by molar-refractivity contribution is -0.116. The lowest BCUT2D eigenvalue weighted by Gasteiger charge is -2.30. The Kier molecular flexibility index (Phi) is 25.8. The number of amides is 2. The standard InChI is InChI=1S/C25H24B2FN7O11P2.C24H22B2F2N8O10P2.C24H24B2F2N8O9P2/c26-47(39)42-8-14-21(19(37)25(44-14)35-9-30-18-12(35)5-31-33-23(18)38)46-48(27,40)41-7-13-20(45-47)17(28)24(43-13)34-6-10-1-2-15(36)32-11-3-4-29-22(34)16(10)11;25-47(39)42-7-13-20(17(28)24(44-13)36-21-15-9(3-4-29-21)32-14(37)2-1-10(15)34-36)46-48(26,40)41-6-12-19(45-47)16(27)23(43-12)35-8-30-18-11(35)5-31-33-22(18)38;25-46(38)41-8-14-20(17(28)24(43-14)36-21-15-10(3-5-30-21)29-4-1-2-11(15)34-36)45-47(26,39)40-7-13-19(44-46)16(27)23(42-13)35-9-31-18-12(35)6-32-33-22(18)37/h3-6,9,13-14,17,19-21,24-25,37H,1-2,7-8H2,(H,32,36)(H,33,38);3-5,8,12-13,16-17,19-20,23-24H,1-2,6-7H2,(H,32,37)(H,33,38);3,5-6,9,13-14,16-17,19-20,23-24,29H,1-2,4,7-8H2,(H,33,37)/t13-,14-,17+,19?,20?,21+,24-,25-,47?,48?;12-,13-,16?,17+,19+,20?,23-,24-,47?,48?;13-,14-,16?,17+,19+,20?,23-,24-,46?,47?/m111/s1. The van der Waals surface area contributed by atoms with Crippen molar-refractivity contribution >= 4 is 185 Å². The van der Waals surface area contributed by atoms with Crippen molar-refractivity contribution in [2.75, 3.05) is 62.1 Å². The van der Waals surface area contributed by atoms with Crippen LogP contribution in [0.25, 0.3) is 66.2 Å². The highest BCUT2D eigenvalue weighted by Crippen LogP contribution is 2.60. The second kappa shape index (κ2) is 37.6. The molecule has 12 aliphatic rings. The molecule has 12 aromatic heterocycles. The molecule has 740 valence electrons. The van der Waals surface area contributed by atoms with Gasteiger partial charge >= 0.3 is 0 Å². The molecule has 0 aromatic carbocycles. The maximum atomic E-state index is 16.3. The molecule has 30 atom stereocenters. The van der Waals surface area contributed by atoms with Crippen molar-refractivity contribution in [3.63, 3.8) is 0 Å². The van der Waals surface area contributed by atoms with Crippen molar-refractivity contribution in [1.29, 1.82) is 0 Å². The molecular formula is C73H70B6F5N23O30P6. The highest BCUT2D eigenvalue weighted by atomic mass is 31.2. The number of carbonyl (C=O) groups excluding carboxylic acids is 2. The molecule has 0 saturated carbocycles. The predicted molar refractivity (Wildman–Crippen MR) is 479 cm³/mol. The SMILES string of the molecule is [B]P1(=O)OC[C@H]2O[C@@H](n3cnc4c(=O)[nH]ncc43)C(F)[C@H]2OP([B])(=O)OC[C@H]2O[C@@H](n3nc4c5c(ccnc53)NC(=O)CC4)[C@@H](F)C2O1.[B]P1(=O)OC[C@H]2O[C@@H](n3cnc4c(=O)[nH]ncc43)C(F)[C@H]2OP([B])(=O)OC[C@H]2O[C@@H](n3nc4c5c(ccnc53)NCCC4)[C@@H](F)C2O1.[B]P1(=O)OC[C@H]2O[C@@H](n3cnc4c(=O)[nH]ncc43)C(O)[C@H]2OP([B])(=O)OC[C@H]2O[C@@H](n3cc4c5c(ccnc53)NC(=O)CC4)[C@@H](F)C2O1. The molecule has 9 saturated heterocycles. The second-order valence-corrected chi connectivity index (χ2v) is 43.7. The maximum Gasteiger partial charge on any atom is 0.292 e. The topological polar surface area (TPSA) is 629 Å². The van der Waals surface area contributed by atoms with Crippen molar-refractivity contribution < 1.29 is 147 Å². The quantitative estimate of drug-likeness (QED) is 0.0703. The van der Waals surface area contributed by atoms with Crippen LogP contribution in [-0.2, 0) is 139 Å². The molecule has 7 N–H and O–H groups in total. The van der Waals surface area contributed by atoms with E-state index in [2.05, 4.69) is 86.6 Å². The number of aliphatic hydroxyl groups excluding tert-OH is 1. The van der Waals surface area contributed by atoms with Crippen molar-refractivity contribution in [3.8, 4) is 0 Å². The smallest absolute Gasteiger partial charge is 0.292 e. The van der Waals surface area contributed by atoms with E-state index in [0.717, 1.165) is 40.6 Å². The number of hydrogen-bond donors (Lipinski definition) is 7. The summed E-state index contributed by atoms with van der Waals surface area (Å²) in [5.41, 5.74) is 2.79. The van der Waals surface area contributed by atoms with Gasteiger partial charge < -0.3 is 108 Å². The summed E-state index contributed by atoms with van der Waals surface area (Å²) in [4.78, 5) is 85.6. The third-order valence-corrected chi connectivity index (χ3v) is 31.6. The van der Waals surface area contributed by atoms with Gasteiger partial charge in [0.05, 0.1) is 127 Å². The van der Waals surface area contributed by atoms with Crippen LogP contribution in [0.4, 0.5) is 39.0 Å². The molecule has 2 amide bonds. The number of aromatic amines is 3. The average molecular weight is 2100 g/mol. The molecule has 0 bridgehead atoms. The third-order valence-electron chi connectivity index (χ3n) is 25.3. The number of H-pyrrole nitrogens is 3. The minimum absolute atomic E-state index is 0.00230. The van der Waals surface area contributed by atoms with Crippen molar-refractivity contribution in [1.82, 2.24) is 98.3 Å². The first-order valence-corrected chi connectivity index (χ1v) is 53.3. The van der Waals surface area contributed by atoms with Gasteiger partial charge in [0.15, 0.2) is 96.1 Å². The number of rotatable bonds is 6. The number of fused-ring (bicyclic) bond motifs is 9. The number of hydrogen-bond acceptors (Lipinski definition) is 42. The zero-order valence-corrected chi connectivity index (χ0v) is 78.3. The number of aromatic nitrogens is 20. The molecule has 0 spiro atoms. The Balaban J connectivity index is 0.000000123. The first-order valence-electron chi connectivity index (χ1n) is 43.6. The van der Waals surface area contributed by atoms with Crippen LogP contribution in [0.5, 0.6) is 0 Å². The Morgan fingerprint density at radius 1 is 0.371 bits per heavy atom. The average Bonchev–Trinajstić information content (AvgIpc) is 1.58. The summed E-state index contributed by atoms with van der Waals surface area (Å²) in [7, 11) is 7.66. The van der Waals surface area contributed by atoms with Gasteiger partial charge in [-0.3, -0.25) is 65.1 Å². The van der Waals surface area contributed by atoms with E-state index in [1.807, 2.05) is 0 Å². The fourth-order valence-corrected chi connectivity index (χ4v) is 25.0. The van der Waals surface area contributed by atoms with E-state index in [4.69, 9.17) is 128 Å². The fourth-order valence-electron chi connectivity index (χ4n) is 18.9. The largest absolute Gasteiger partial charge is 0.386 e. The van der Waals surface area contributed by atoms with Crippen LogP contribution in [0.15, 0.2) is 94.9 Å². The summed E-state index contributed by atoms with van der Waals surface area (Å²) in [6.07, 6.45) is -23.9. The number of alkyl halides is 5. The van der Waals surface area contributed by atoms with Gasteiger partial charge in [-0.1, -0.05) is 0 Å². The summed E-state index contributed by atoms with van der Waals surface area (Å²) >= 11 is 0. The Morgan fingerprint density at radius 3 is 1.10 bits per heavy atom. The zero-order chi connectivity index (χ0) is 99.7. The van der Waals surface area contributed by atoms with Gasteiger partial charge in [-0.25, -0.2) is 76.5 Å². The Bertz CT molecular complexity index is 7300. The van der Waals surface area contributed by atoms with E-state index in [0.29, 0.717) is 68.6 Å². The highest BCUT2D eigenvalue weighted by molar-refractivity contribution is 7.81. The van der Waals surface area contributed by atoms with Crippen LogP contribution < -0.4 is 32.6 Å². The van der Waals surface area contributed by atoms with Gasteiger partial charge in [0.2, 0.25) is 57.2 Å². The molecule has 12 aromatic rings. The van der Waals surface area contributed by atoms with Gasteiger partial charge in [-0.2, -0.15) is 25.5 Å². The minimum atomic E-state index is -4.65. The first-order chi connectivity index (χ1) is 68.3. The Labute approximate surface area is 803 Å². The van der Waals surface area contributed by atoms with Gasteiger partial charge in [-0.15, -0.1) is 0 Å². The number of carbonyl (C=O) groups is 2. The van der Waals surface area contributed by atoms with Crippen LogP contribution in [0.2, 0.25) is 0 Å². The van der Waals surface area contributed by atoms with E-state index in [-0.39, 0.29) is 69.8 Å². The number of anilines is 3. The lowest BCUT2D eigenvalue weighted by atomic mass is 10.1. The lowest BCUT2D eigenvalue weighted by Crippen LogP contribution is -2.38. The van der Waals surface area contributed by atoms with E-state index in [1.165, 1.54) is 55.7 Å². The second-order valence-electron chi connectivity index (χ2n) is 34.4. The number of halogens is 5. The molecule has 70 heteroatoms. The summed E-state index contributed by atoms with van der Waals surface area (Å²) in [6.45, 7) is -3.58. The van der Waals surface area contributed by atoms with Crippen LogP contribution in [0.1, 0.15) is 73.6 Å². The van der Waals surface area contributed by atoms with Gasteiger partial charge in [0.25, 0.3) is 61.5 Å².